The summed E-state index contributed by atoms with van der Waals surface area (Å²) < 4.78 is 20.0. The number of rotatable bonds is 4. The maximum absolute atomic E-state index is 13.8. The summed E-state index contributed by atoms with van der Waals surface area (Å²) in [5.41, 5.74) is 0.133. The molecule has 1 spiro atoms. The van der Waals surface area contributed by atoms with E-state index in [-0.39, 0.29) is 36.4 Å². The van der Waals surface area contributed by atoms with Crippen LogP contribution in [0.2, 0.25) is 0 Å². The van der Waals surface area contributed by atoms with E-state index in [0.29, 0.717) is 19.6 Å². The molecule has 164 valence electrons. The van der Waals surface area contributed by atoms with Crippen molar-refractivity contribution in [3.63, 3.8) is 0 Å². The van der Waals surface area contributed by atoms with Gasteiger partial charge in [-0.15, -0.1) is 11.3 Å². The highest BCUT2D eigenvalue weighted by atomic mass is 32.1. The van der Waals surface area contributed by atoms with Gasteiger partial charge in [0.1, 0.15) is 5.82 Å². The summed E-state index contributed by atoms with van der Waals surface area (Å²) in [6, 6.07) is 19.5. The van der Waals surface area contributed by atoms with Crippen molar-refractivity contribution in [2.24, 2.45) is 0 Å². The van der Waals surface area contributed by atoms with Crippen LogP contribution in [0, 0.1) is 5.82 Å². The Balaban J connectivity index is 1.48. The van der Waals surface area contributed by atoms with E-state index >= 15 is 0 Å². The largest absolute Gasteiger partial charge is 0.361 e. The van der Waals surface area contributed by atoms with Crippen molar-refractivity contribution in [3.8, 4) is 0 Å². The van der Waals surface area contributed by atoms with E-state index in [0.717, 1.165) is 10.4 Å². The number of nitrogens with zero attached hydrogens (tertiary/aromatic N) is 2. The molecule has 3 heterocycles. The van der Waals surface area contributed by atoms with Crippen LogP contribution in [0.4, 0.5) is 4.39 Å². The molecule has 2 aromatic carbocycles. The number of hydrogen-bond acceptors (Lipinski definition) is 4. The van der Waals surface area contributed by atoms with Crippen LogP contribution in [0.3, 0.4) is 0 Å². The molecule has 7 heteroatoms. The molecule has 2 atom stereocenters. The summed E-state index contributed by atoms with van der Waals surface area (Å²) >= 11 is 1.61. The molecule has 5 rings (SSSR count). The minimum absolute atomic E-state index is 0.100. The molecule has 2 saturated heterocycles. The van der Waals surface area contributed by atoms with Gasteiger partial charge in [0, 0.05) is 29.4 Å². The second-order valence-corrected chi connectivity index (χ2v) is 9.24. The summed E-state index contributed by atoms with van der Waals surface area (Å²) in [6.07, 6.45) is 0. The van der Waals surface area contributed by atoms with Crippen molar-refractivity contribution >= 4 is 23.2 Å². The van der Waals surface area contributed by atoms with Gasteiger partial charge in [0.25, 0.3) is 11.8 Å². The highest BCUT2D eigenvalue weighted by molar-refractivity contribution is 7.09. The third kappa shape index (κ3) is 3.72. The SMILES string of the molecule is O=C(c1cccc(F)c1)N1CCO[C@]2(C1)C(=O)N(Cc1cccs1)C[C@H]2c1ccccc1. The first-order valence-corrected chi connectivity index (χ1v) is 11.5. The molecule has 2 amide bonds. The fourth-order valence-electron chi connectivity index (χ4n) is 4.72. The molecule has 0 N–H and O–H groups in total. The Morgan fingerprint density at radius 1 is 1.12 bits per heavy atom. The van der Waals surface area contributed by atoms with Gasteiger partial charge in [-0.1, -0.05) is 42.5 Å². The number of amides is 2. The Hall–Kier alpha value is -3.03. The average molecular weight is 451 g/mol. The first-order valence-electron chi connectivity index (χ1n) is 10.6. The Morgan fingerprint density at radius 3 is 2.72 bits per heavy atom. The number of likely N-dealkylation sites (tertiary alicyclic amines) is 1. The van der Waals surface area contributed by atoms with Crippen molar-refractivity contribution in [2.75, 3.05) is 26.2 Å². The van der Waals surface area contributed by atoms with Gasteiger partial charge >= 0.3 is 0 Å². The third-order valence-electron chi connectivity index (χ3n) is 6.25. The molecule has 5 nitrogen and oxygen atoms in total. The average Bonchev–Trinajstić information content (AvgIpc) is 3.42. The number of carbonyl (C=O) groups excluding carboxylic acids is 2. The van der Waals surface area contributed by atoms with Crippen molar-refractivity contribution in [1.82, 2.24) is 9.80 Å². The zero-order valence-electron chi connectivity index (χ0n) is 17.4. The van der Waals surface area contributed by atoms with Crippen molar-refractivity contribution in [2.45, 2.75) is 18.1 Å². The van der Waals surface area contributed by atoms with E-state index in [1.54, 1.807) is 22.3 Å². The van der Waals surface area contributed by atoms with Crippen LogP contribution in [0.1, 0.15) is 26.7 Å². The van der Waals surface area contributed by atoms with Gasteiger partial charge in [-0.05, 0) is 35.2 Å². The molecule has 3 aromatic rings. The van der Waals surface area contributed by atoms with Crippen LogP contribution in [0.15, 0.2) is 72.1 Å². The van der Waals surface area contributed by atoms with Crippen LogP contribution in [-0.4, -0.2) is 53.5 Å². The summed E-state index contributed by atoms with van der Waals surface area (Å²) in [6.45, 7) is 1.78. The fourth-order valence-corrected chi connectivity index (χ4v) is 5.44. The summed E-state index contributed by atoms with van der Waals surface area (Å²) in [5, 5.41) is 2.00. The molecule has 2 fully saturated rings. The van der Waals surface area contributed by atoms with Gasteiger partial charge in [-0.3, -0.25) is 9.59 Å². The lowest BCUT2D eigenvalue weighted by Gasteiger charge is -2.42. The molecular weight excluding hydrogens is 427 g/mol. The van der Waals surface area contributed by atoms with Crippen LogP contribution in [0.5, 0.6) is 0 Å². The number of benzene rings is 2. The molecule has 32 heavy (non-hydrogen) atoms. The maximum atomic E-state index is 13.8. The van der Waals surface area contributed by atoms with Crippen LogP contribution >= 0.6 is 11.3 Å². The molecule has 2 aliphatic heterocycles. The Labute approximate surface area is 190 Å². The number of halogens is 1. The number of hydrogen-bond donors (Lipinski definition) is 0. The second-order valence-electron chi connectivity index (χ2n) is 8.20. The quantitative estimate of drug-likeness (QED) is 0.605. The van der Waals surface area contributed by atoms with Gasteiger partial charge in [-0.2, -0.15) is 0 Å². The lowest BCUT2D eigenvalue weighted by molar-refractivity contribution is -0.160. The molecule has 0 bridgehead atoms. The Morgan fingerprint density at radius 2 is 1.97 bits per heavy atom. The second kappa shape index (κ2) is 8.48. The Bertz CT molecular complexity index is 1120. The van der Waals surface area contributed by atoms with E-state index in [1.807, 2.05) is 52.7 Å². The van der Waals surface area contributed by atoms with Gasteiger partial charge in [0.05, 0.1) is 19.7 Å². The van der Waals surface area contributed by atoms with Crippen LogP contribution in [-0.2, 0) is 16.1 Å². The predicted octanol–water partition coefficient (Wildman–Crippen LogP) is 3.92. The molecule has 2 aliphatic rings. The predicted molar refractivity (Wildman–Crippen MR) is 120 cm³/mol. The van der Waals surface area contributed by atoms with Gasteiger partial charge < -0.3 is 14.5 Å². The summed E-state index contributed by atoms with van der Waals surface area (Å²) in [4.78, 5) is 31.5. The number of morpholine rings is 1. The van der Waals surface area contributed by atoms with Gasteiger partial charge in [-0.25, -0.2) is 4.39 Å². The highest BCUT2D eigenvalue weighted by Crippen LogP contribution is 2.43. The number of ether oxygens (including phenoxy) is 1. The molecule has 0 radical (unpaired) electrons. The smallest absolute Gasteiger partial charge is 0.257 e. The number of carbonyl (C=O) groups is 2. The molecule has 0 unspecified atom stereocenters. The zero-order chi connectivity index (χ0) is 22.1. The van der Waals surface area contributed by atoms with E-state index in [2.05, 4.69) is 0 Å². The zero-order valence-corrected chi connectivity index (χ0v) is 18.3. The van der Waals surface area contributed by atoms with Gasteiger partial charge in [0.15, 0.2) is 5.60 Å². The fraction of sp³-hybridized carbons (Fsp3) is 0.280. The standard InChI is InChI=1S/C25H23FN2O3S/c26-20-9-4-8-19(14-20)23(29)27-11-12-31-25(17-27)22(18-6-2-1-3-7-18)16-28(24(25)30)15-21-10-5-13-32-21/h1-10,13-14,22H,11-12,15-17H2/t22-,25-/m0/s1. The first-order chi connectivity index (χ1) is 15.6. The molecule has 0 saturated carbocycles. The molecular formula is C25H23FN2O3S. The molecule has 1 aromatic heterocycles. The van der Waals surface area contributed by atoms with Crippen molar-refractivity contribution < 1.29 is 18.7 Å². The lowest BCUT2D eigenvalue weighted by atomic mass is 9.83. The normalized spacial score (nSPS) is 23.2. The first kappa shape index (κ1) is 20.8. The summed E-state index contributed by atoms with van der Waals surface area (Å²) in [5.74, 6) is -1.06. The Kier molecular flexibility index (Phi) is 5.53. The monoisotopic (exact) mass is 450 g/mol. The van der Waals surface area contributed by atoms with E-state index in [1.165, 1.54) is 18.2 Å². The lowest BCUT2D eigenvalue weighted by Crippen LogP contribution is -2.59. The molecule has 0 aliphatic carbocycles. The topological polar surface area (TPSA) is 49.9 Å². The minimum atomic E-state index is -1.15. The van der Waals surface area contributed by atoms with Crippen molar-refractivity contribution in [1.29, 1.82) is 0 Å². The van der Waals surface area contributed by atoms with E-state index in [9.17, 15) is 14.0 Å². The minimum Gasteiger partial charge on any atom is -0.361 e. The third-order valence-corrected chi connectivity index (χ3v) is 7.11. The van der Waals surface area contributed by atoms with Crippen molar-refractivity contribution in [3.05, 3.63) is 93.9 Å². The van der Waals surface area contributed by atoms with E-state index in [4.69, 9.17) is 4.74 Å². The number of thiophene rings is 1. The van der Waals surface area contributed by atoms with Gasteiger partial charge in [0.2, 0.25) is 0 Å². The van der Waals surface area contributed by atoms with Crippen LogP contribution < -0.4 is 0 Å². The van der Waals surface area contributed by atoms with Crippen LogP contribution in [0.25, 0.3) is 0 Å². The van der Waals surface area contributed by atoms with E-state index < -0.39 is 11.4 Å². The summed E-state index contributed by atoms with van der Waals surface area (Å²) in [7, 11) is 0. The maximum Gasteiger partial charge on any atom is 0.257 e. The highest BCUT2D eigenvalue weighted by Gasteiger charge is 2.58.